The van der Waals surface area contributed by atoms with E-state index in [2.05, 4.69) is 10.5 Å². The summed E-state index contributed by atoms with van der Waals surface area (Å²) in [5.41, 5.74) is 1.78. The average molecular weight is 423 g/mol. The van der Waals surface area contributed by atoms with Gasteiger partial charge in [0.25, 0.3) is 5.91 Å². The summed E-state index contributed by atoms with van der Waals surface area (Å²) in [6, 6.07) is 19.0. The second-order valence-corrected chi connectivity index (χ2v) is 8.16. The van der Waals surface area contributed by atoms with Crippen molar-refractivity contribution in [2.75, 3.05) is 31.5 Å². The molecular weight excluding hydrogens is 392 g/mol. The van der Waals surface area contributed by atoms with E-state index in [0.29, 0.717) is 0 Å². The fourth-order valence-electron chi connectivity index (χ4n) is 3.96. The fraction of sp³-hybridized carbons (Fsp3) is 0.333. The van der Waals surface area contributed by atoms with Crippen LogP contribution in [0.2, 0.25) is 0 Å². The zero-order valence-electron chi connectivity index (χ0n) is 18.1. The number of hydrogen-bond donors (Lipinski definition) is 3. The lowest BCUT2D eigenvalue weighted by Crippen LogP contribution is -3.29. The highest BCUT2D eigenvalue weighted by molar-refractivity contribution is 5.93. The Morgan fingerprint density at radius 3 is 2.39 bits per heavy atom. The largest absolute Gasteiger partial charge is 0.457 e. The molecule has 2 heterocycles. The second kappa shape index (κ2) is 9.76. The number of hydrogen-bond acceptors (Lipinski definition) is 4. The van der Waals surface area contributed by atoms with Crippen molar-refractivity contribution in [3.63, 3.8) is 0 Å². The molecule has 7 heteroatoms. The Morgan fingerprint density at radius 1 is 1.06 bits per heavy atom. The molecule has 4 rings (SSSR count). The Hall–Kier alpha value is -3.16. The van der Waals surface area contributed by atoms with E-state index in [0.717, 1.165) is 61.4 Å². The van der Waals surface area contributed by atoms with Crippen LogP contribution in [0.3, 0.4) is 0 Å². The van der Waals surface area contributed by atoms with E-state index in [1.165, 1.54) is 9.80 Å². The van der Waals surface area contributed by atoms with Crippen molar-refractivity contribution < 1.29 is 23.9 Å². The third kappa shape index (κ3) is 5.71. The molecule has 3 aromatic rings. The fourth-order valence-corrected chi connectivity index (χ4v) is 3.96. The summed E-state index contributed by atoms with van der Waals surface area (Å²) in [6.45, 7) is 8.76. The van der Waals surface area contributed by atoms with Gasteiger partial charge in [0.1, 0.15) is 55.7 Å². The van der Waals surface area contributed by atoms with Gasteiger partial charge in [0, 0.05) is 11.8 Å². The molecule has 0 aliphatic carbocycles. The SMILES string of the molecule is Cc1cc(C[NH+]2CC[NH+]([C@H](C)C(=O)Nc3ccc(Oc4ccccc4)cc3)CC2)no1. The van der Waals surface area contributed by atoms with Gasteiger partial charge in [-0.25, -0.2) is 0 Å². The van der Waals surface area contributed by atoms with Crippen molar-refractivity contribution in [2.24, 2.45) is 0 Å². The Bertz CT molecular complexity index is 980. The van der Waals surface area contributed by atoms with Gasteiger partial charge in [-0.15, -0.1) is 0 Å². The number of quaternary nitrogens is 2. The predicted octanol–water partition coefficient (Wildman–Crippen LogP) is 1.09. The van der Waals surface area contributed by atoms with Crippen LogP contribution in [0.1, 0.15) is 18.4 Å². The van der Waals surface area contributed by atoms with Crippen molar-refractivity contribution >= 4 is 11.6 Å². The van der Waals surface area contributed by atoms with Crippen LogP contribution >= 0.6 is 0 Å². The van der Waals surface area contributed by atoms with Gasteiger partial charge in [-0.1, -0.05) is 23.4 Å². The van der Waals surface area contributed by atoms with E-state index >= 15 is 0 Å². The average Bonchev–Trinajstić information content (AvgIpc) is 3.20. The van der Waals surface area contributed by atoms with Gasteiger partial charge in [0.2, 0.25) is 0 Å². The minimum Gasteiger partial charge on any atom is -0.457 e. The van der Waals surface area contributed by atoms with E-state index < -0.39 is 0 Å². The summed E-state index contributed by atoms with van der Waals surface area (Å²) >= 11 is 0. The van der Waals surface area contributed by atoms with Gasteiger partial charge in [-0.05, 0) is 50.2 Å². The summed E-state index contributed by atoms with van der Waals surface area (Å²) in [6.07, 6.45) is 0. The van der Waals surface area contributed by atoms with E-state index in [9.17, 15) is 4.79 Å². The highest BCUT2D eigenvalue weighted by Gasteiger charge is 2.31. The lowest BCUT2D eigenvalue weighted by Gasteiger charge is -2.32. The van der Waals surface area contributed by atoms with Crippen LogP contribution in [0.25, 0.3) is 0 Å². The molecule has 1 aromatic heterocycles. The molecule has 1 aliphatic rings. The number of piperazine rings is 1. The number of benzene rings is 2. The van der Waals surface area contributed by atoms with Crippen LogP contribution in [0.5, 0.6) is 11.5 Å². The Labute approximate surface area is 182 Å². The first-order valence-electron chi connectivity index (χ1n) is 10.8. The van der Waals surface area contributed by atoms with Gasteiger partial charge < -0.3 is 24.4 Å². The highest BCUT2D eigenvalue weighted by Crippen LogP contribution is 2.22. The van der Waals surface area contributed by atoms with E-state index in [4.69, 9.17) is 9.26 Å². The number of amides is 1. The van der Waals surface area contributed by atoms with Crippen molar-refractivity contribution in [1.29, 1.82) is 0 Å². The summed E-state index contributed by atoms with van der Waals surface area (Å²) in [5, 5.41) is 7.13. The minimum absolute atomic E-state index is 0.0438. The van der Waals surface area contributed by atoms with Crippen LogP contribution in [0.4, 0.5) is 5.69 Å². The van der Waals surface area contributed by atoms with Gasteiger partial charge >= 0.3 is 0 Å². The topological polar surface area (TPSA) is 73.2 Å². The second-order valence-electron chi connectivity index (χ2n) is 8.16. The summed E-state index contributed by atoms with van der Waals surface area (Å²) < 4.78 is 11.0. The summed E-state index contributed by atoms with van der Waals surface area (Å²) in [4.78, 5) is 15.6. The molecule has 0 bridgehead atoms. The number of para-hydroxylation sites is 1. The molecule has 1 aliphatic heterocycles. The number of carbonyl (C=O) groups excluding carboxylic acids is 1. The van der Waals surface area contributed by atoms with Crippen molar-refractivity contribution in [2.45, 2.75) is 26.4 Å². The molecule has 31 heavy (non-hydrogen) atoms. The van der Waals surface area contributed by atoms with E-state index in [-0.39, 0.29) is 11.9 Å². The van der Waals surface area contributed by atoms with Crippen molar-refractivity contribution in [1.82, 2.24) is 5.16 Å². The number of ether oxygens (including phenoxy) is 1. The maximum Gasteiger partial charge on any atom is 0.282 e. The number of nitrogens with zero attached hydrogens (tertiary/aromatic N) is 1. The molecule has 3 N–H and O–H groups in total. The normalized spacial score (nSPS) is 19.5. The van der Waals surface area contributed by atoms with Gasteiger partial charge in [0.15, 0.2) is 6.04 Å². The van der Waals surface area contributed by atoms with Crippen LogP contribution in [-0.4, -0.2) is 43.3 Å². The molecule has 0 radical (unpaired) electrons. The molecule has 7 nitrogen and oxygen atoms in total. The first-order valence-corrected chi connectivity index (χ1v) is 10.8. The maximum atomic E-state index is 12.8. The van der Waals surface area contributed by atoms with E-state index in [1.807, 2.05) is 74.5 Å². The van der Waals surface area contributed by atoms with Gasteiger partial charge in [0.05, 0.1) is 0 Å². The lowest BCUT2D eigenvalue weighted by molar-refractivity contribution is -1.02. The predicted molar refractivity (Wildman–Crippen MR) is 117 cm³/mol. The number of nitrogens with one attached hydrogen (secondary N) is 3. The molecule has 1 atom stereocenters. The Balaban J connectivity index is 1.25. The molecule has 0 saturated carbocycles. The highest BCUT2D eigenvalue weighted by atomic mass is 16.5. The molecule has 2 aromatic carbocycles. The molecule has 1 fully saturated rings. The first-order chi connectivity index (χ1) is 15.1. The quantitative estimate of drug-likeness (QED) is 0.533. The molecule has 0 unspecified atom stereocenters. The maximum absolute atomic E-state index is 12.8. The third-order valence-electron chi connectivity index (χ3n) is 5.81. The third-order valence-corrected chi connectivity index (χ3v) is 5.81. The van der Waals surface area contributed by atoms with Crippen molar-refractivity contribution in [3.05, 3.63) is 72.1 Å². The number of aryl methyl sites for hydroxylation is 1. The molecular formula is C24H30N4O3+2. The summed E-state index contributed by atoms with van der Waals surface area (Å²) in [7, 11) is 0. The van der Waals surface area contributed by atoms with Gasteiger partial charge in [-0.2, -0.15) is 0 Å². The number of aromatic nitrogens is 1. The van der Waals surface area contributed by atoms with Crippen LogP contribution in [0.15, 0.2) is 65.2 Å². The number of anilines is 1. The Morgan fingerprint density at radius 2 is 1.74 bits per heavy atom. The minimum atomic E-state index is -0.101. The zero-order chi connectivity index (χ0) is 21.6. The molecule has 0 spiro atoms. The van der Waals surface area contributed by atoms with Crippen LogP contribution in [0, 0.1) is 6.92 Å². The number of rotatable bonds is 7. The van der Waals surface area contributed by atoms with Crippen LogP contribution in [-0.2, 0) is 11.3 Å². The van der Waals surface area contributed by atoms with Crippen molar-refractivity contribution in [3.8, 4) is 11.5 Å². The zero-order valence-corrected chi connectivity index (χ0v) is 18.1. The standard InChI is InChI=1S/C24H28N4O3/c1-18-16-21(26-31-18)17-27-12-14-28(15-13-27)19(2)24(29)25-20-8-10-23(11-9-20)30-22-6-4-3-5-7-22/h3-11,16,19H,12-15,17H2,1-2H3,(H,25,29)/p+2/t19-/m1/s1. The van der Waals surface area contributed by atoms with E-state index in [1.54, 1.807) is 0 Å². The van der Waals surface area contributed by atoms with Gasteiger partial charge in [-0.3, -0.25) is 4.79 Å². The molecule has 1 saturated heterocycles. The smallest absolute Gasteiger partial charge is 0.282 e. The summed E-state index contributed by atoms with van der Waals surface area (Å²) in [5.74, 6) is 2.42. The molecule has 1 amide bonds. The lowest BCUT2D eigenvalue weighted by atomic mass is 10.2. The Kier molecular flexibility index (Phi) is 6.64. The van der Waals surface area contributed by atoms with Crippen LogP contribution < -0.4 is 19.9 Å². The first kappa shape index (κ1) is 21.1. The molecule has 162 valence electrons. The number of carbonyl (C=O) groups is 1. The monoisotopic (exact) mass is 422 g/mol.